The summed E-state index contributed by atoms with van der Waals surface area (Å²) < 4.78 is 12.9. The number of nitrogens with zero attached hydrogens (tertiary/aromatic N) is 1. The Labute approximate surface area is 112 Å². The molecule has 2 rings (SSSR count). The van der Waals surface area contributed by atoms with E-state index in [4.69, 9.17) is 0 Å². The van der Waals surface area contributed by atoms with Gasteiger partial charge in [-0.1, -0.05) is 12.1 Å². The Hall–Kier alpha value is -1.46. The molecule has 1 fully saturated rings. The van der Waals surface area contributed by atoms with Crippen LogP contribution in [0.4, 0.5) is 4.39 Å². The lowest BCUT2D eigenvalue weighted by molar-refractivity contribution is -0.151. The molecule has 4 nitrogen and oxygen atoms in total. The van der Waals surface area contributed by atoms with Gasteiger partial charge in [0.15, 0.2) is 0 Å². The monoisotopic (exact) mass is 266 g/mol. The van der Waals surface area contributed by atoms with Crippen molar-refractivity contribution in [2.24, 2.45) is 0 Å². The molecule has 1 aliphatic heterocycles. The Morgan fingerprint density at radius 1 is 1.37 bits per heavy atom. The quantitative estimate of drug-likeness (QED) is 0.857. The maximum atomic E-state index is 12.9. The Morgan fingerprint density at radius 2 is 1.95 bits per heavy atom. The number of aliphatic carboxylic acids is 1. The SMILES string of the molecule is CC(Cc1ccc(F)cc1)(C(=O)O)N1CCNCC1. The number of carbonyl (C=O) groups is 1. The van der Waals surface area contributed by atoms with Crippen molar-refractivity contribution in [1.29, 1.82) is 0 Å². The Balaban J connectivity index is 2.18. The number of carboxylic acids is 1. The molecule has 1 atom stereocenters. The van der Waals surface area contributed by atoms with E-state index >= 15 is 0 Å². The van der Waals surface area contributed by atoms with Crippen molar-refractivity contribution in [3.8, 4) is 0 Å². The van der Waals surface area contributed by atoms with E-state index in [2.05, 4.69) is 5.32 Å². The number of rotatable bonds is 4. The minimum Gasteiger partial charge on any atom is -0.480 e. The van der Waals surface area contributed by atoms with Crippen LogP contribution in [0.3, 0.4) is 0 Å². The minimum atomic E-state index is -0.945. The Bertz CT molecular complexity index is 443. The standard InChI is InChI=1S/C14H19FN2O2/c1-14(13(18)19,17-8-6-16-7-9-17)10-11-2-4-12(15)5-3-11/h2-5,16H,6-10H2,1H3,(H,18,19). The lowest BCUT2D eigenvalue weighted by atomic mass is 9.90. The molecule has 104 valence electrons. The Morgan fingerprint density at radius 3 is 2.47 bits per heavy atom. The summed E-state index contributed by atoms with van der Waals surface area (Å²) in [4.78, 5) is 13.6. The number of nitrogens with one attached hydrogen (secondary N) is 1. The smallest absolute Gasteiger partial charge is 0.324 e. The van der Waals surface area contributed by atoms with E-state index in [1.165, 1.54) is 12.1 Å². The van der Waals surface area contributed by atoms with Crippen LogP contribution >= 0.6 is 0 Å². The lowest BCUT2D eigenvalue weighted by Crippen LogP contribution is -2.59. The van der Waals surface area contributed by atoms with Gasteiger partial charge in [-0.05, 0) is 24.6 Å². The van der Waals surface area contributed by atoms with Gasteiger partial charge in [-0.2, -0.15) is 0 Å². The zero-order chi connectivity index (χ0) is 13.9. The van der Waals surface area contributed by atoms with Crippen molar-refractivity contribution in [2.45, 2.75) is 18.9 Å². The summed E-state index contributed by atoms with van der Waals surface area (Å²) in [5.41, 5.74) is -0.107. The molecule has 19 heavy (non-hydrogen) atoms. The van der Waals surface area contributed by atoms with Gasteiger partial charge in [0.1, 0.15) is 11.4 Å². The van der Waals surface area contributed by atoms with Gasteiger partial charge in [-0.15, -0.1) is 0 Å². The first kappa shape index (κ1) is 14.0. The predicted molar refractivity (Wildman–Crippen MR) is 70.6 cm³/mol. The van der Waals surface area contributed by atoms with E-state index in [1.54, 1.807) is 19.1 Å². The van der Waals surface area contributed by atoms with Crippen LogP contribution in [-0.4, -0.2) is 47.7 Å². The van der Waals surface area contributed by atoms with Crippen molar-refractivity contribution >= 4 is 5.97 Å². The zero-order valence-corrected chi connectivity index (χ0v) is 11.0. The van der Waals surface area contributed by atoms with E-state index in [1.807, 2.05) is 4.90 Å². The van der Waals surface area contributed by atoms with E-state index in [-0.39, 0.29) is 5.82 Å². The second-order valence-corrected chi connectivity index (χ2v) is 5.12. The summed E-state index contributed by atoms with van der Waals surface area (Å²) >= 11 is 0. The van der Waals surface area contributed by atoms with Gasteiger partial charge >= 0.3 is 5.97 Å². The lowest BCUT2D eigenvalue weighted by Gasteiger charge is -2.40. The van der Waals surface area contributed by atoms with Crippen LogP contribution in [0.15, 0.2) is 24.3 Å². The molecule has 0 radical (unpaired) electrons. The fraction of sp³-hybridized carbons (Fsp3) is 0.500. The number of benzene rings is 1. The summed E-state index contributed by atoms with van der Waals surface area (Å²) in [5.74, 6) is -1.14. The highest BCUT2D eigenvalue weighted by atomic mass is 19.1. The first-order valence-electron chi connectivity index (χ1n) is 6.46. The molecule has 2 N–H and O–H groups in total. The van der Waals surface area contributed by atoms with Crippen molar-refractivity contribution in [1.82, 2.24) is 10.2 Å². The van der Waals surface area contributed by atoms with Crippen LogP contribution in [-0.2, 0) is 11.2 Å². The van der Waals surface area contributed by atoms with Gasteiger partial charge in [-0.25, -0.2) is 4.39 Å². The van der Waals surface area contributed by atoms with E-state index in [0.29, 0.717) is 19.5 Å². The molecule has 0 bridgehead atoms. The predicted octanol–water partition coefficient (Wildman–Crippen LogP) is 1.12. The molecular formula is C14H19FN2O2. The number of halogens is 1. The highest BCUT2D eigenvalue weighted by molar-refractivity contribution is 5.78. The molecule has 0 spiro atoms. The molecular weight excluding hydrogens is 247 g/mol. The fourth-order valence-corrected chi connectivity index (χ4v) is 2.48. The largest absolute Gasteiger partial charge is 0.480 e. The third kappa shape index (κ3) is 3.11. The van der Waals surface area contributed by atoms with Crippen molar-refractivity contribution in [3.63, 3.8) is 0 Å². The molecule has 0 aromatic heterocycles. The van der Waals surface area contributed by atoms with Gasteiger partial charge in [0, 0.05) is 32.6 Å². The molecule has 1 saturated heterocycles. The number of hydrogen-bond acceptors (Lipinski definition) is 3. The normalized spacial score (nSPS) is 19.9. The fourth-order valence-electron chi connectivity index (χ4n) is 2.48. The number of carboxylic acid groups (broad SMARTS) is 1. The number of hydrogen-bond donors (Lipinski definition) is 2. The molecule has 1 aromatic carbocycles. The van der Waals surface area contributed by atoms with Crippen LogP contribution in [0.25, 0.3) is 0 Å². The van der Waals surface area contributed by atoms with Gasteiger partial charge in [-0.3, -0.25) is 9.69 Å². The maximum Gasteiger partial charge on any atom is 0.324 e. The van der Waals surface area contributed by atoms with Crippen LogP contribution in [0.1, 0.15) is 12.5 Å². The molecule has 1 aliphatic rings. The number of piperazine rings is 1. The molecule has 0 saturated carbocycles. The molecule has 0 amide bonds. The second kappa shape index (κ2) is 5.67. The minimum absolute atomic E-state index is 0.303. The van der Waals surface area contributed by atoms with Gasteiger partial charge in [0.25, 0.3) is 0 Å². The third-order valence-electron chi connectivity index (χ3n) is 3.74. The molecule has 1 heterocycles. The summed E-state index contributed by atoms with van der Waals surface area (Å²) in [5, 5.41) is 12.8. The first-order valence-corrected chi connectivity index (χ1v) is 6.46. The third-order valence-corrected chi connectivity index (χ3v) is 3.74. The van der Waals surface area contributed by atoms with Crippen molar-refractivity contribution < 1.29 is 14.3 Å². The summed E-state index contributed by atoms with van der Waals surface area (Å²) in [6, 6.07) is 6.04. The molecule has 0 aliphatic carbocycles. The average molecular weight is 266 g/mol. The van der Waals surface area contributed by atoms with Crippen molar-refractivity contribution in [3.05, 3.63) is 35.6 Å². The summed E-state index contributed by atoms with van der Waals surface area (Å²) in [6.45, 7) is 4.76. The highest BCUT2D eigenvalue weighted by Gasteiger charge is 2.39. The van der Waals surface area contributed by atoms with Gasteiger partial charge in [0.2, 0.25) is 0 Å². The van der Waals surface area contributed by atoms with E-state index in [9.17, 15) is 14.3 Å². The summed E-state index contributed by atoms with van der Waals surface area (Å²) in [7, 11) is 0. The van der Waals surface area contributed by atoms with Crippen LogP contribution in [0.5, 0.6) is 0 Å². The van der Waals surface area contributed by atoms with Crippen molar-refractivity contribution in [2.75, 3.05) is 26.2 Å². The van der Waals surface area contributed by atoms with Gasteiger partial charge < -0.3 is 10.4 Å². The molecule has 1 unspecified atom stereocenters. The molecule has 1 aromatic rings. The van der Waals surface area contributed by atoms with Gasteiger partial charge in [0.05, 0.1) is 0 Å². The highest BCUT2D eigenvalue weighted by Crippen LogP contribution is 2.22. The van der Waals surface area contributed by atoms with Crippen LogP contribution in [0, 0.1) is 5.82 Å². The first-order chi connectivity index (χ1) is 9.02. The molecule has 5 heteroatoms. The van der Waals surface area contributed by atoms with E-state index in [0.717, 1.165) is 18.7 Å². The topological polar surface area (TPSA) is 52.6 Å². The average Bonchev–Trinajstić information content (AvgIpc) is 2.42. The maximum absolute atomic E-state index is 12.9. The summed E-state index contributed by atoms with van der Waals surface area (Å²) in [6.07, 6.45) is 0.378. The van der Waals surface area contributed by atoms with Crippen LogP contribution in [0.2, 0.25) is 0 Å². The second-order valence-electron chi connectivity index (χ2n) is 5.12. The van der Waals surface area contributed by atoms with Crippen LogP contribution < -0.4 is 5.32 Å². The van der Waals surface area contributed by atoms with E-state index < -0.39 is 11.5 Å². The Kier molecular flexibility index (Phi) is 4.17. The zero-order valence-electron chi connectivity index (χ0n) is 11.0.